The van der Waals surface area contributed by atoms with Gasteiger partial charge in [-0.2, -0.15) is 9.78 Å². The highest BCUT2D eigenvalue weighted by atomic mass is 79.9. The summed E-state index contributed by atoms with van der Waals surface area (Å²) in [5.74, 6) is 1.96. The van der Waals surface area contributed by atoms with Crippen molar-refractivity contribution >= 4 is 33.0 Å². The van der Waals surface area contributed by atoms with Gasteiger partial charge in [-0.05, 0) is 68.1 Å². The van der Waals surface area contributed by atoms with E-state index < -0.39 is 0 Å². The summed E-state index contributed by atoms with van der Waals surface area (Å²) in [7, 11) is 0. The lowest BCUT2D eigenvalue weighted by Gasteiger charge is -2.17. The first kappa shape index (κ1) is 28.3. The van der Waals surface area contributed by atoms with Gasteiger partial charge in [0.2, 0.25) is 0 Å². The smallest absolute Gasteiger partial charge is 0.282 e. The zero-order valence-electron chi connectivity index (χ0n) is 22.7. The van der Waals surface area contributed by atoms with Crippen LogP contribution >= 0.6 is 15.9 Å². The molecule has 0 amide bonds. The lowest BCUT2D eigenvalue weighted by molar-refractivity contribution is 0.267. The monoisotopic (exact) mass is 587 g/mol. The molecule has 1 aromatic heterocycles. The Balaban J connectivity index is 1.74. The van der Waals surface area contributed by atoms with E-state index in [0.29, 0.717) is 54.3 Å². The van der Waals surface area contributed by atoms with Crippen molar-refractivity contribution in [2.24, 2.45) is 5.10 Å². The van der Waals surface area contributed by atoms with E-state index in [1.54, 1.807) is 12.3 Å². The Bertz CT molecular complexity index is 1540. The molecule has 7 heteroatoms. The van der Waals surface area contributed by atoms with E-state index in [4.69, 9.17) is 14.5 Å². The normalized spacial score (nSPS) is 11.3. The topological polar surface area (TPSA) is 65.7 Å². The molecule has 4 aromatic rings. The minimum absolute atomic E-state index is 0.196. The van der Waals surface area contributed by atoms with E-state index in [1.165, 1.54) is 10.2 Å². The lowest BCUT2D eigenvalue weighted by atomic mass is 10.1. The lowest BCUT2D eigenvalue weighted by Crippen LogP contribution is -2.22. The van der Waals surface area contributed by atoms with Gasteiger partial charge in [-0.1, -0.05) is 65.2 Å². The minimum Gasteiger partial charge on any atom is -0.490 e. The third kappa shape index (κ3) is 7.03. The highest BCUT2D eigenvalue weighted by Crippen LogP contribution is 2.34. The second-order valence-electron chi connectivity index (χ2n) is 9.36. The first-order chi connectivity index (χ1) is 18.9. The molecule has 0 aliphatic carbocycles. The summed E-state index contributed by atoms with van der Waals surface area (Å²) >= 11 is 3.46. The van der Waals surface area contributed by atoms with E-state index in [2.05, 4.69) is 65.7 Å². The van der Waals surface area contributed by atoms with Gasteiger partial charge in [-0.15, -0.1) is 6.58 Å². The SMILES string of the molecule is C=CCc1cc(C=Nn2c(CCCC)nc3ccc(Br)cc3c2=O)cc(OCC)c1OCc1ccc(C)cc1. The van der Waals surface area contributed by atoms with Crippen molar-refractivity contribution < 1.29 is 9.47 Å². The average Bonchev–Trinajstić information content (AvgIpc) is 2.92. The van der Waals surface area contributed by atoms with Crippen molar-refractivity contribution in [2.45, 2.75) is 53.1 Å². The molecule has 1 heterocycles. The number of nitrogens with zero attached hydrogens (tertiary/aromatic N) is 3. The van der Waals surface area contributed by atoms with Gasteiger partial charge >= 0.3 is 0 Å². The van der Waals surface area contributed by atoms with Crippen LogP contribution in [-0.4, -0.2) is 22.5 Å². The van der Waals surface area contributed by atoms with Crippen molar-refractivity contribution in [3.05, 3.63) is 110 Å². The molecular formula is C32H34BrN3O3. The standard InChI is InChI=1S/C32H34BrN3O3/c1-5-8-10-30-35-28-16-15-26(33)19-27(28)32(37)36(30)34-20-24-17-25(9-6-2)31(29(18-24)38-7-3)39-21-23-13-11-22(4)12-14-23/h6,11-20H,2,5,7-10,21H2,1,3-4H3. The van der Waals surface area contributed by atoms with Gasteiger partial charge in [0.15, 0.2) is 11.5 Å². The van der Waals surface area contributed by atoms with E-state index in [0.717, 1.165) is 34.0 Å². The summed E-state index contributed by atoms with van der Waals surface area (Å²) in [5.41, 5.74) is 4.48. The van der Waals surface area contributed by atoms with Crippen LogP contribution in [0.15, 0.2) is 81.6 Å². The van der Waals surface area contributed by atoms with Gasteiger partial charge in [0.05, 0.1) is 23.7 Å². The van der Waals surface area contributed by atoms with Crippen LogP contribution in [0, 0.1) is 6.92 Å². The Morgan fingerprint density at radius 2 is 1.87 bits per heavy atom. The fourth-order valence-electron chi connectivity index (χ4n) is 4.27. The van der Waals surface area contributed by atoms with Crippen LogP contribution in [-0.2, 0) is 19.4 Å². The van der Waals surface area contributed by atoms with Gasteiger partial charge in [0.1, 0.15) is 12.4 Å². The number of benzene rings is 3. The Kier molecular flexibility index (Phi) is 9.71. The Morgan fingerprint density at radius 1 is 1.08 bits per heavy atom. The summed E-state index contributed by atoms with van der Waals surface area (Å²) in [6, 6.07) is 17.7. The number of ether oxygens (including phenoxy) is 2. The van der Waals surface area contributed by atoms with Gasteiger partial charge in [0.25, 0.3) is 5.56 Å². The molecular weight excluding hydrogens is 554 g/mol. The number of halogens is 1. The molecule has 0 saturated heterocycles. The molecule has 0 spiro atoms. The van der Waals surface area contributed by atoms with Crippen LogP contribution in [0.4, 0.5) is 0 Å². The van der Waals surface area contributed by atoms with Crippen LogP contribution in [0.25, 0.3) is 10.9 Å². The molecule has 0 bridgehead atoms. The largest absolute Gasteiger partial charge is 0.490 e. The first-order valence-corrected chi connectivity index (χ1v) is 14.1. The highest BCUT2D eigenvalue weighted by Gasteiger charge is 2.15. The second kappa shape index (κ2) is 13.4. The average molecular weight is 589 g/mol. The number of allylic oxidation sites excluding steroid dienone is 1. The molecule has 0 unspecified atom stereocenters. The number of hydrogen-bond acceptors (Lipinski definition) is 5. The second-order valence-corrected chi connectivity index (χ2v) is 10.3. The molecule has 6 nitrogen and oxygen atoms in total. The van der Waals surface area contributed by atoms with Gasteiger partial charge in [0, 0.05) is 16.5 Å². The molecule has 0 fully saturated rings. The zero-order valence-corrected chi connectivity index (χ0v) is 24.3. The van der Waals surface area contributed by atoms with Crippen molar-refractivity contribution in [3.63, 3.8) is 0 Å². The van der Waals surface area contributed by atoms with Crippen molar-refractivity contribution in [2.75, 3.05) is 6.61 Å². The molecule has 3 aromatic carbocycles. The van der Waals surface area contributed by atoms with Gasteiger partial charge in [-0.25, -0.2) is 4.98 Å². The molecule has 39 heavy (non-hydrogen) atoms. The maximum absolute atomic E-state index is 13.5. The van der Waals surface area contributed by atoms with Crippen LogP contribution in [0.2, 0.25) is 0 Å². The van der Waals surface area contributed by atoms with Crippen LogP contribution in [0.1, 0.15) is 54.8 Å². The molecule has 0 aliphatic rings. The van der Waals surface area contributed by atoms with Crippen molar-refractivity contribution in [1.29, 1.82) is 0 Å². The van der Waals surface area contributed by atoms with E-state index in [1.807, 2.05) is 37.3 Å². The number of fused-ring (bicyclic) bond motifs is 1. The summed E-state index contributed by atoms with van der Waals surface area (Å²) in [6.07, 6.45) is 6.68. The third-order valence-electron chi connectivity index (χ3n) is 6.27. The first-order valence-electron chi connectivity index (χ1n) is 13.3. The minimum atomic E-state index is -0.196. The molecule has 0 saturated carbocycles. The maximum atomic E-state index is 13.5. The maximum Gasteiger partial charge on any atom is 0.282 e. The number of aryl methyl sites for hydroxylation is 2. The van der Waals surface area contributed by atoms with Crippen LogP contribution < -0.4 is 15.0 Å². The third-order valence-corrected chi connectivity index (χ3v) is 6.77. The van der Waals surface area contributed by atoms with Gasteiger partial charge < -0.3 is 9.47 Å². The number of unbranched alkanes of at least 4 members (excludes halogenated alkanes) is 1. The molecule has 0 atom stereocenters. The van der Waals surface area contributed by atoms with Crippen LogP contribution in [0.3, 0.4) is 0 Å². The Morgan fingerprint density at radius 3 is 2.59 bits per heavy atom. The fourth-order valence-corrected chi connectivity index (χ4v) is 4.63. The van der Waals surface area contributed by atoms with Crippen molar-refractivity contribution in [1.82, 2.24) is 9.66 Å². The summed E-state index contributed by atoms with van der Waals surface area (Å²) in [5, 5.41) is 5.14. The van der Waals surface area contributed by atoms with Gasteiger partial charge in [-0.3, -0.25) is 4.79 Å². The molecule has 0 aliphatic heterocycles. The predicted octanol–water partition coefficient (Wildman–Crippen LogP) is 7.40. The Hall–Kier alpha value is -3.71. The molecule has 202 valence electrons. The quantitative estimate of drug-likeness (QED) is 0.128. The Labute approximate surface area is 238 Å². The van der Waals surface area contributed by atoms with E-state index >= 15 is 0 Å². The van der Waals surface area contributed by atoms with Crippen LogP contribution in [0.5, 0.6) is 11.5 Å². The van der Waals surface area contributed by atoms with Crippen molar-refractivity contribution in [3.8, 4) is 11.5 Å². The predicted molar refractivity (Wildman–Crippen MR) is 162 cm³/mol. The number of rotatable bonds is 12. The summed E-state index contributed by atoms with van der Waals surface area (Å²) in [4.78, 5) is 18.2. The molecule has 0 N–H and O–H groups in total. The zero-order chi connectivity index (χ0) is 27.8. The summed E-state index contributed by atoms with van der Waals surface area (Å²) in [6.45, 7) is 11.0. The summed E-state index contributed by atoms with van der Waals surface area (Å²) < 4.78 is 14.5. The highest BCUT2D eigenvalue weighted by molar-refractivity contribution is 9.10. The number of aromatic nitrogens is 2. The van der Waals surface area contributed by atoms with E-state index in [9.17, 15) is 4.79 Å². The fraction of sp³-hybridized carbons (Fsp3) is 0.281. The molecule has 0 radical (unpaired) electrons. The molecule has 4 rings (SSSR count). The van der Waals surface area contributed by atoms with E-state index in [-0.39, 0.29) is 5.56 Å². The number of hydrogen-bond donors (Lipinski definition) is 0.